The first-order chi connectivity index (χ1) is 14.0. The Morgan fingerprint density at radius 3 is 2.76 bits per heavy atom. The van der Waals surface area contributed by atoms with E-state index in [1.54, 1.807) is 30.3 Å². The van der Waals surface area contributed by atoms with Crippen molar-refractivity contribution in [3.05, 3.63) is 73.6 Å². The molecular formula is C21H16ClN3O3S. The van der Waals surface area contributed by atoms with Gasteiger partial charge in [-0.05, 0) is 36.3 Å². The smallest absolute Gasteiger partial charge is 0.311 e. The van der Waals surface area contributed by atoms with E-state index in [9.17, 15) is 15.4 Å². The van der Waals surface area contributed by atoms with Crippen LogP contribution in [0.1, 0.15) is 23.9 Å². The fourth-order valence-electron chi connectivity index (χ4n) is 2.56. The highest BCUT2D eigenvalue weighted by molar-refractivity contribution is 7.11. The number of allylic oxidation sites excluding steroid dienone is 1. The van der Waals surface area contributed by atoms with E-state index in [1.165, 1.54) is 17.4 Å². The van der Waals surface area contributed by atoms with Crippen LogP contribution in [-0.2, 0) is 0 Å². The van der Waals surface area contributed by atoms with Gasteiger partial charge in [-0.15, -0.1) is 11.3 Å². The van der Waals surface area contributed by atoms with E-state index in [0.717, 1.165) is 17.7 Å². The van der Waals surface area contributed by atoms with Crippen LogP contribution in [0.2, 0.25) is 5.02 Å². The van der Waals surface area contributed by atoms with Crippen LogP contribution < -0.4 is 4.74 Å². The topological polar surface area (TPSA) is 89.0 Å². The summed E-state index contributed by atoms with van der Waals surface area (Å²) in [7, 11) is 0. The lowest BCUT2D eigenvalue weighted by atomic mass is 10.1. The summed E-state index contributed by atoms with van der Waals surface area (Å²) in [5.41, 5.74) is 2.34. The Kier molecular flexibility index (Phi) is 6.60. The average Bonchev–Trinajstić information content (AvgIpc) is 3.21. The molecule has 0 atom stereocenters. The van der Waals surface area contributed by atoms with Crippen molar-refractivity contribution in [2.75, 3.05) is 6.61 Å². The van der Waals surface area contributed by atoms with Gasteiger partial charge in [0.25, 0.3) is 0 Å². The second-order valence-electron chi connectivity index (χ2n) is 6.05. The van der Waals surface area contributed by atoms with Crippen LogP contribution in [0.25, 0.3) is 22.9 Å². The molecule has 3 rings (SSSR count). The summed E-state index contributed by atoms with van der Waals surface area (Å²) < 4.78 is 5.43. The molecule has 0 radical (unpaired) electrons. The quantitative estimate of drug-likeness (QED) is 0.254. The normalized spacial score (nSPS) is 11.1. The molecule has 1 aromatic heterocycles. The van der Waals surface area contributed by atoms with E-state index in [4.69, 9.17) is 16.3 Å². The number of halogens is 1. The van der Waals surface area contributed by atoms with E-state index < -0.39 is 4.92 Å². The molecule has 2 aromatic carbocycles. The van der Waals surface area contributed by atoms with Crippen molar-refractivity contribution in [3.8, 4) is 23.1 Å². The van der Waals surface area contributed by atoms with Gasteiger partial charge in [-0.25, -0.2) is 4.98 Å². The molecule has 146 valence electrons. The highest BCUT2D eigenvalue weighted by atomic mass is 35.5. The standard InChI is InChI=1S/C21H16ClN3O3S/c1-2-9-28-20-8-3-14(11-19(20)25(26)27)10-16(12-23)21-24-18(13-29-21)15-4-6-17(22)7-5-15/h3-8,10-11,13H,2,9H2,1H3/b16-10-. The lowest BCUT2D eigenvalue weighted by molar-refractivity contribution is -0.385. The fourth-order valence-corrected chi connectivity index (χ4v) is 3.48. The van der Waals surface area contributed by atoms with E-state index in [1.807, 2.05) is 24.4 Å². The van der Waals surface area contributed by atoms with E-state index in [-0.39, 0.29) is 11.4 Å². The largest absolute Gasteiger partial charge is 0.487 e. The number of nitro benzene ring substituents is 1. The van der Waals surface area contributed by atoms with Gasteiger partial charge >= 0.3 is 5.69 Å². The van der Waals surface area contributed by atoms with E-state index >= 15 is 0 Å². The Morgan fingerprint density at radius 1 is 1.34 bits per heavy atom. The second-order valence-corrected chi connectivity index (χ2v) is 7.34. The molecule has 0 N–H and O–H groups in total. The minimum absolute atomic E-state index is 0.134. The van der Waals surface area contributed by atoms with Crippen molar-refractivity contribution in [1.29, 1.82) is 5.26 Å². The van der Waals surface area contributed by atoms with E-state index in [2.05, 4.69) is 11.1 Å². The number of hydrogen-bond donors (Lipinski definition) is 0. The van der Waals surface area contributed by atoms with Crippen molar-refractivity contribution in [2.45, 2.75) is 13.3 Å². The van der Waals surface area contributed by atoms with Crippen molar-refractivity contribution < 1.29 is 9.66 Å². The van der Waals surface area contributed by atoms with Crippen molar-refractivity contribution >= 4 is 40.3 Å². The number of nitro groups is 1. The highest BCUT2D eigenvalue weighted by Crippen LogP contribution is 2.31. The molecule has 0 amide bonds. The number of nitriles is 1. The molecule has 0 spiro atoms. The van der Waals surface area contributed by atoms with Gasteiger partial charge in [0.15, 0.2) is 5.75 Å². The second kappa shape index (κ2) is 9.32. The molecule has 0 fully saturated rings. The van der Waals surface area contributed by atoms with Crippen molar-refractivity contribution in [1.82, 2.24) is 4.98 Å². The maximum absolute atomic E-state index is 11.4. The molecular weight excluding hydrogens is 410 g/mol. The minimum Gasteiger partial charge on any atom is -0.487 e. The zero-order valence-electron chi connectivity index (χ0n) is 15.5. The third-order valence-electron chi connectivity index (χ3n) is 3.95. The number of hydrogen-bond acceptors (Lipinski definition) is 6. The number of ether oxygens (including phenoxy) is 1. The molecule has 1 heterocycles. The summed E-state index contributed by atoms with van der Waals surface area (Å²) in [5.74, 6) is 0.215. The SMILES string of the molecule is CCCOc1ccc(/C=C(/C#N)c2nc(-c3ccc(Cl)cc3)cs2)cc1[N+](=O)[O-]. The summed E-state index contributed by atoms with van der Waals surface area (Å²) >= 11 is 7.25. The lowest BCUT2D eigenvalue weighted by Gasteiger charge is -2.06. The minimum atomic E-state index is -0.490. The predicted molar refractivity (Wildman–Crippen MR) is 115 cm³/mol. The van der Waals surface area contributed by atoms with Gasteiger partial charge in [-0.3, -0.25) is 10.1 Å². The molecule has 0 aliphatic heterocycles. The molecule has 29 heavy (non-hydrogen) atoms. The van der Waals surface area contributed by atoms with Gasteiger partial charge in [0.05, 0.1) is 22.8 Å². The number of nitrogens with zero attached hydrogens (tertiary/aromatic N) is 3. The molecule has 3 aromatic rings. The van der Waals surface area contributed by atoms with Crippen LogP contribution in [0.15, 0.2) is 47.8 Å². The Hall–Kier alpha value is -3.21. The van der Waals surface area contributed by atoms with Gasteiger partial charge in [-0.1, -0.05) is 36.7 Å². The molecule has 0 saturated carbocycles. The maximum atomic E-state index is 11.4. The Labute approximate surface area is 176 Å². The number of benzene rings is 2. The first-order valence-electron chi connectivity index (χ1n) is 8.76. The van der Waals surface area contributed by atoms with Gasteiger partial charge in [0.2, 0.25) is 0 Å². The summed E-state index contributed by atoms with van der Waals surface area (Å²) in [5, 5.41) is 24.0. The molecule has 0 unspecified atom stereocenters. The highest BCUT2D eigenvalue weighted by Gasteiger charge is 2.16. The van der Waals surface area contributed by atoms with E-state index in [0.29, 0.717) is 27.8 Å². The predicted octanol–water partition coefficient (Wildman–Crippen LogP) is 6.22. The van der Waals surface area contributed by atoms with Crippen LogP contribution in [-0.4, -0.2) is 16.5 Å². The molecule has 0 saturated heterocycles. The van der Waals surface area contributed by atoms with Crippen LogP contribution in [0.5, 0.6) is 5.75 Å². The summed E-state index contributed by atoms with van der Waals surface area (Å²) in [6.45, 7) is 2.32. The monoisotopic (exact) mass is 425 g/mol. The van der Waals surface area contributed by atoms with Gasteiger partial charge in [0.1, 0.15) is 11.1 Å². The fraction of sp³-hybridized carbons (Fsp3) is 0.143. The first-order valence-corrected chi connectivity index (χ1v) is 10.0. The number of thiazole rings is 1. The third-order valence-corrected chi connectivity index (χ3v) is 5.07. The zero-order valence-corrected chi connectivity index (χ0v) is 17.0. The lowest BCUT2D eigenvalue weighted by Crippen LogP contribution is -1.99. The van der Waals surface area contributed by atoms with Crippen molar-refractivity contribution in [3.63, 3.8) is 0 Å². The summed E-state index contributed by atoms with van der Waals surface area (Å²) in [6.07, 6.45) is 2.33. The number of rotatable bonds is 7. The number of aromatic nitrogens is 1. The third kappa shape index (κ3) is 4.99. The molecule has 0 bridgehead atoms. The van der Waals surface area contributed by atoms with Crippen LogP contribution >= 0.6 is 22.9 Å². The summed E-state index contributed by atoms with van der Waals surface area (Å²) in [4.78, 5) is 15.4. The van der Waals surface area contributed by atoms with Gasteiger partial charge in [0, 0.05) is 22.0 Å². The van der Waals surface area contributed by atoms with Crippen LogP contribution in [0.4, 0.5) is 5.69 Å². The van der Waals surface area contributed by atoms with Crippen LogP contribution in [0.3, 0.4) is 0 Å². The Balaban J connectivity index is 1.92. The average molecular weight is 426 g/mol. The Morgan fingerprint density at radius 2 is 2.10 bits per heavy atom. The molecule has 0 aliphatic rings. The molecule has 8 heteroatoms. The van der Waals surface area contributed by atoms with Crippen LogP contribution in [0, 0.1) is 21.4 Å². The molecule has 0 aliphatic carbocycles. The Bertz CT molecular complexity index is 1100. The van der Waals surface area contributed by atoms with Gasteiger partial charge < -0.3 is 4.74 Å². The summed E-state index contributed by atoms with van der Waals surface area (Å²) in [6, 6.07) is 14.0. The first kappa shape index (κ1) is 20.5. The van der Waals surface area contributed by atoms with Crippen molar-refractivity contribution in [2.24, 2.45) is 0 Å². The molecule has 6 nitrogen and oxygen atoms in total. The maximum Gasteiger partial charge on any atom is 0.311 e. The zero-order chi connectivity index (χ0) is 20.8. The van der Waals surface area contributed by atoms with Gasteiger partial charge in [-0.2, -0.15) is 5.26 Å².